The van der Waals surface area contributed by atoms with E-state index in [9.17, 15) is 0 Å². The molecule has 2 nitrogen and oxygen atoms in total. The molecule has 0 saturated heterocycles. The summed E-state index contributed by atoms with van der Waals surface area (Å²) < 4.78 is 5.60. The van der Waals surface area contributed by atoms with E-state index >= 15 is 0 Å². The molecule has 1 atom stereocenters. The topological polar surface area (TPSA) is 29.5 Å². The Hall–Kier alpha value is -1.02. The number of aliphatic hydroxyl groups is 1. The fourth-order valence-corrected chi connectivity index (χ4v) is 2.30. The van der Waals surface area contributed by atoms with E-state index in [0.717, 1.165) is 18.6 Å². The number of rotatable bonds is 6. The second-order valence-corrected chi connectivity index (χ2v) is 4.52. The molecule has 17 heavy (non-hydrogen) atoms. The maximum Gasteiger partial charge on any atom is 0.122 e. The molecule has 0 aliphatic rings. The molecule has 0 aliphatic heterocycles. The van der Waals surface area contributed by atoms with Crippen LogP contribution in [-0.2, 0) is 0 Å². The molecule has 96 valence electrons. The predicted molar refractivity (Wildman–Crippen MR) is 71.8 cm³/mol. The van der Waals surface area contributed by atoms with Crippen molar-refractivity contribution < 1.29 is 9.84 Å². The number of hydrogen-bond donors (Lipinski definition) is 1. The second-order valence-electron chi connectivity index (χ2n) is 4.52. The van der Waals surface area contributed by atoms with Crippen molar-refractivity contribution in [2.45, 2.75) is 46.5 Å². The fourth-order valence-electron chi connectivity index (χ4n) is 2.30. The Morgan fingerprint density at radius 2 is 1.88 bits per heavy atom. The van der Waals surface area contributed by atoms with Crippen LogP contribution in [0.2, 0.25) is 0 Å². The highest BCUT2D eigenvalue weighted by atomic mass is 16.5. The van der Waals surface area contributed by atoms with E-state index < -0.39 is 0 Å². The van der Waals surface area contributed by atoms with Gasteiger partial charge in [-0.05, 0) is 62.3 Å². The number of ether oxygens (including phenoxy) is 1. The van der Waals surface area contributed by atoms with Crippen LogP contribution in [-0.4, -0.2) is 18.3 Å². The molecule has 1 unspecified atom stereocenters. The smallest absolute Gasteiger partial charge is 0.122 e. The average molecular weight is 236 g/mol. The van der Waals surface area contributed by atoms with Gasteiger partial charge in [0, 0.05) is 6.61 Å². The van der Waals surface area contributed by atoms with Gasteiger partial charge in [-0.1, -0.05) is 13.0 Å². The molecule has 0 spiro atoms. The first-order chi connectivity index (χ1) is 8.13. The third-order valence-corrected chi connectivity index (χ3v) is 3.27. The van der Waals surface area contributed by atoms with Crippen LogP contribution in [0.25, 0.3) is 0 Å². The molecule has 0 amide bonds. The predicted octanol–water partition coefficient (Wildman–Crippen LogP) is 3.58. The van der Waals surface area contributed by atoms with Crippen molar-refractivity contribution in [3.63, 3.8) is 0 Å². The van der Waals surface area contributed by atoms with Crippen molar-refractivity contribution in [1.82, 2.24) is 0 Å². The highest BCUT2D eigenvalue weighted by Gasteiger charge is 2.13. The number of hydrogen-bond acceptors (Lipinski definition) is 2. The van der Waals surface area contributed by atoms with E-state index in [-0.39, 0.29) is 6.61 Å². The van der Waals surface area contributed by atoms with Gasteiger partial charge < -0.3 is 9.84 Å². The normalized spacial score (nSPS) is 12.5. The minimum absolute atomic E-state index is 0.254. The zero-order valence-electron chi connectivity index (χ0n) is 11.4. The van der Waals surface area contributed by atoms with Crippen LogP contribution in [0.1, 0.15) is 49.3 Å². The second kappa shape index (κ2) is 6.65. The van der Waals surface area contributed by atoms with Gasteiger partial charge in [0.2, 0.25) is 0 Å². The quantitative estimate of drug-likeness (QED) is 0.818. The molecule has 0 saturated carbocycles. The molecular formula is C15H24O2. The Bertz CT molecular complexity index is 358. The third-order valence-electron chi connectivity index (χ3n) is 3.27. The summed E-state index contributed by atoms with van der Waals surface area (Å²) in [6, 6.07) is 4.33. The molecule has 1 N–H and O–H groups in total. The van der Waals surface area contributed by atoms with Crippen molar-refractivity contribution in [2.24, 2.45) is 0 Å². The maximum atomic E-state index is 9.10. The zero-order chi connectivity index (χ0) is 12.8. The molecule has 2 heteroatoms. The molecule has 0 aromatic heterocycles. The summed E-state index contributed by atoms with van der Waals surface area (Å²) in [7, 11) is 0. The van der Waals surface area contributed by atoms with Crippen molar-refractivity contribution in [3.8, 4) is 5.75 Å². The Kier molecular flexibility index (Phi) is 5.49. The molecule has 0 heterocycles. The standard InChI is InChI=1S/C15H24O2/c1-5-13(7-8-16)14-9-12(4)15(17-6-2)10-11(14)3/h9-10,13,16H,5-8H2,1-4H3. The van der Waals surface area contributed by atoms with Crippen molar-refractivity contribution in [3.05, 3.63) is 28.8 Å². The van der Waals surface area contributed by atoms with Gasteiger partial charge in [0.25, 0.3) is 0 Å². The van der Waals surface area contributed by atoms with Gasteiger partial charge in [-0.2, -0.15) is 0 Å². The van der Waals surface area contributed by atoms with Crippen LogP contribution in [0.4, 0.5) is 0 Å². The van der Waals surface area contributed by atoms with Crippen molar-refractivity contribution >= 4 is 0 Å². The summed E-state index contributed by atoms with van der Waals surface area (Å²) in [5.41, 5.74) is 3.80. The van der Waals surface area contributed by atoms with Crippen LogP contribution in [0.15, 0.2) is 12.1 Å². The van der Waals surface area contributed by atoms with Crippen LogP contribution in [0, 0.1) is 13.8 Å². The lowest BCUT2D eigenvalue weighted by molar-refractivity contribution is 0.274. The number of aliphatic hydroxyl groups excluding tert-OH is 1. The van der Waals surface area contributed by atoms with E-state index in [0.29, 0.717) is 12.5 Å². The Labute approximate surface area is 105 Å². The highest BCUT2D eigenvalue weighted by molar-refractivity contribution is 5.43. The molecule has 0 radical (unpaired) electrons. The number of aryl methyl sites for hydroxylation is 2. The Morgan fingerprint density at radius 3 is 2.41 bits per heavy atom. The van der Waals surface area contributed by atoms with Crippen LogP contribution in [0.5, 0.6) is 5.75 Å². The molecule has 0 bridgehead atoms. The van der Waals surface area contributed by atoms with E-state index in [4.69, 9.17) is 9.84 Å². The largest absolute Gasteiger partial charge is 0.494 e. The average Bonchev–Trinajstić information content (AvgIpc) is 2.31. The van der Waals surface area contributed by atoms with E-state index in [2.05, 4.69) is 32.9 Å². The SMILES string of the molecule is CCOc1cc(C)c(C(CC)CCO)cc1C. The van der Waals surface area contributed by atoms with Crippen molar-refractivity contribution in [1.29, 1.82) is 0 Å². The Morgan fingerprint density at radius 1 is 1.18 bits per heavy atom. The molecule has 1 aromatic carbocycles. The van der Waals surface area contributed by atoms with Crippen LogP contribution >= 0.6 is 0 Å². The first kappa shape index (κ1) is 14.0. The lowest BCUT2D eigenvalue weighted by Gasteiger charge is -2.19. The summed E-state index contributed by atoms with van der Waals surface area (Å²) in [6.45, 7) is 9.34. The molecule has 1 aromatic rings. The highest BCUT2D eigenvalue weighted by Crippen LogP contribution is 2.31. The van der Waals surface area contributed by atoms with Gasteiger partial charge in [0.15, 0.2) is 0 Å². The zero-order valence-corrected chi connectivity index (χ0v) is 11.4. The summed E-state index contributed by atoms with van der Waals surface area (Å²) in [6.07, 6.45) is 1.90. The monoisotopic (exact) mass is 236 g/mol. The van der Waals surface area contributed by atoms with Gasteiger partial charge in [0.05, 0.1) is 6.61 Å². The van der Waals surface area contributed by atoms with Gasteiger partial charge in [-0.15, -0.1) is 0 Å². The molecular weight excluding hydrogens is 212 g/mol. The van der Waals surface area contributed by atoms with Crippen LogP contribution in [0.3, 0.4) is 0 Å². The lowest BCUT2D eigenvalue weighted by Crippen LogP contribution is -2.04. The molecule has 0 fully saturated rings. The third kappa shape index (κ3) is 3.47. The van der Waals surface area contributed by atoms with Gasteiger partial charge in [0.1, 0.15) is 5.75 Å². The van der Waals surface area contributed by atoms with E-state index in [1.807, 2.05) is 6.92 Å². The fraction of sp³-hybridized carbons (Fsp3) is 0.600. The minimum Gasteiger partial charge on any atom is -0.494 e. The number of benzene rings is 1. The molecule has 0 aliphatic carbocycles. The van der Waals surface area contributed by atoms with Gasteiger partial charge in [-0.25, -0.2) is 0 Å². The van der Waals surface area contributed by atoms with E-state index in [1.165, 1.54) is 16.7 Å². The van der Waals surface area contributed by atoms with Gasteiger partial charge >= 0.3 is 0 Å². The minimum atomic E-state index is 0.254. The lowest BCUT2D eigenvalue weighted by atomic mass is 9.89. The summed E-state index contributed by atoms with van der Waals surface area (Å²) in [5, 5.41) is 9.10. The van der Waals surface area contributed by atoms with Crippen molar-refractivity contribution in [2.75, 3.05) is 13.2 Å². The maximum absolute atomic E-state index is 9.10. The molecule has 1 rings (SSSR count). The van der Waals surface area contributed by atoms with Crippen LogP contribution < -0.4 is 4.74 Å². The van der Waals surface area contributed by atoms with E-state index in [1.54, 1.807) is 0 Å². The first-order valence-electron chi connectivity index (χ1n) is 6.48. The first-order valence-corrected chi connectivity index (χ1v) is 6.48. The summed E-state index contributed by atoms with van der Waals surface area (Å²) in [5.74, 6) is 1.43. The Balaban J connectivity index is 3.04. The van der Waals surface area contributed by atoms with Gasteiger partial charge in [-0.3, -0.25) is 0 Å². The summed E-state index contributed by atoms with van der Waals surface area (Å²) in [4.78, 5) is 0. The summed E-state index contributed by atoms with van der Waals surface area (Å²) >= 11 is 0.